The quantitative estimate of drug-likeness (QED) is 0.454. The molecule has 0 atom stereocenters. The molecule has 2 heterocycles. The van der Waals surface area contributed by atoms with Gasteiger partial charge in [0, 0.05) is 50.7 Å². The van der Waals surface area contributed by atoms with Crippen molar-refractivity contribution in [3.63, 3.8) is 0 Å². The van der Waals surface area contributed by atoms with Gasteiger partial charge in [-0.1, -0.05) is 30.3 Å². The molecular formula is C26H27FN4O3S. The summed E-state index contributed by atoms with van der Waals surface area (Å²) in [5.41, 5.74) is 2.83. The molecule has 1 aromatic heterocycles. The van der Waals surface area contributed by atoms with E-state index in [1.165, 1.54) is 41.4 Å². The Morgan fingerprint density at radius 3 is 2.60 bits per heavy atom. The van der Waals surface area contributed by atoms with Gasteiger partial charge in [-0.05, 0) is 29.8 Å². The number of halogens is 1. The SMILES string of the molecule is CC(=O)N(c1nc(/C=C/C(=O)N(C)Cc2ccccc2N2CCOCC2)cs1)c1ccccc1F. The number of thiazole rings is 1. The maximum atomic E-state index is 14.3. The molecule has 9 heteroatoms. The number of amides is 2. The summed E-state index contributed by atoms with van der Waals surface area (Å²) in [6.07, 6.45) is 3.06. The second kappa shape index (κ2) is 11.2. The summed E-state index contributed by atoms with van der Waals surface area (Å²) in [5.74, 6) is -1.03. The monoisotopic (exact) mass is 494 g/mol. The van der Waals surface area contributed by atoms with Crippen LogP contribution in [0.1, 0.15) is 18.2 Å². The Kier molecular flexibility index (Phi) is 7.89. The molecule has 0 radical (unpaired) electrons. The molecule has 1 saturated heterocycles. The lowest BCUT2D eigenvalue weighted by molar-refractivity contribution is -0.125. The molecule has 0 bridgehead atoms. The molecule has 0 N–H and O–H groups in total. The molecule has 2 amide bonds. The van der Waals surface area contributed by atoms with E-state index in [4.69, 9.17) is 4.74 Å². The van der Waals surface area contributed by atoms with Crippen molar-refractivity contribution < 1.29 is 18.7 Å². The van der Waals surface area contributed by atoms with E-state index < -0.39 is 5.82 Å². The number of likely N-dealkylation sites (N-methyl/N-ethyl adjacent to an activating group) is 1. The third-order valence-electron chi connectivity index (χ3n) is 5.63. The van der Waals surface area contributed by atoms with Crippen LogP contribution in [0.15, 0.2) is 60.0 Å². The van der Waals surface area contributed by atoms with Gasteiger partial charge in [0.25, 0.3) is 0 Å². The topological polar surface area (TPSA) is 66.0 Å². The number of rotatable bonds is 7. The predicted molar refractivity (Wildman–Crippen MR) is 136 cm³/mol. The van der Waals surface area contributed by atoms with Gasteiger partial charge in [0.15, 0.2) is 5.13 Å². The summed E-state index contributed by atoms with van der Waals surface area (Å²) >= 11 is 1.21. The van der Waals surface area contributed by atoms with Crippen molar-refractivity contribution >= 4 is 45.7 Å². The van der Waals surface area contributed by atoms with Gasteiger partial charge in [0.1, 0.15) is 5.82 Å². The van der Waals surface area contributed by atoms with Crippen LogP contribution in [-0.4, -0.2) is 55.0 Å². The largest absolute Gasteiger partial charge is 0.378 e. The summed E-state index contributed by atoms with van der Waals surface area (Å²) in [6, 6.07) is 14.1. The Bertz CT molecular complexity index is 1220. The molecule has 2 aromatic carbocycles. The Balaban J connectivity index is 1.44. The van der Waals surface area contributed by atoms with Crippen LogP contribution in [0.25, 0.3) is 6.08 Å². The fourth-order valence-electron chi connectivity index (χ4n) is 3.87. The zero-order valence-electron chi connectivity index (χ0n) is 19.7. The minimum Gasteiger partial charge on any atom is -0.378 e. The average molecular weight is 495 g/mol. The lowest BCUT2D eigenvalue weighted by Crippen LogP contribution is -2.37. The minimum atomic E-state index is -0.510. The van der Waals surface area contributed by atoms with Gasteiger partial charge in [-0.2, -0.15) is 0 Å². The third-order valence-corrected chi connectivity index (χ3v) is 6.48. The van der Waals surface area contributed by atoms with Gasteiger partial charge in [-0.3, -0.25) is 14.5 Å². The fourth-order valence-corrected chi connectivity index (χ4v) is 4.72. The predicted octanol–water partition coefficient (Wildman–Crippen LogP) is 4.48. The van der Waals surface area contributed by atoms with E-state index in [2.05, 4.69) is 16.0 Å². The first kappa shape index (κ1) is 24.6. The van der Waals surface area contributed by atoms with Crippen molar-refractivity contribution in [2.45, 2.75) is 13.5 Å². The van der Waals surface area contributed by atoms with Crippen LogP contribution in [0.2, 0.25) is 0 Å². The first-order valence-corrected chi connectivity index (χ1v) is 12.2. The highest BCUT2D eigenvalue weighted by molar-refractivity contribution is 7.14. The summed E-state index contributed by atoms with van der Waals surface area (Å²) in [5, 5.41) is 2.06. The number of carbonyl (C=O) groups excluding carboxylic acids is 2. The number of hydrogen-bond donors (Lipinski definition) is 0. The molecule has 0 saturated carbocycles. The van der Waals surface area contributed by atoms with Crippen LogP contribution in [0, 0.1) is 5.82 Å². The number of anilines is 3. The molecule has 0 spiro atoms. The van der Waals surface area contributed by atoms with Gasteiger partial charge in [-0.25, -0.2) is 9.37 Å². The summed E-state index contributed by atoms with van der Waals surface area (Å²) < 4.78 is 19.7. The van der Waals surface area contributed by atoms with E-state index in [-0.39, 0.29) is 17.5 Å². The van der Waals surface area contributed by atoms with Gasteiger partial charge in [0.05, 0.1) is 24.6 Å². The first-order chi connectivity index (χ1) is 16.9. The molecule has 35 heavy (non-hydrogen) atoms. The highest BCUT2D eigenvalue weighted by Gasteiger charge is 2.21. The molecule has 1 fully saturated rings. The Labute approximate surface area is 208 Å². The number of ether oxygens (including phenoxy) is 1. The van der Waals surface area contributed by atoms with Crippen molar-refractivity contribution in [2.75, 3.05) is 43.2 Å². The van der Waals surface area contributed by atoms with Crippen LogP contribution in [0.5, 0.6) is 0 Å². The molecule has 182 valence electrons. The third kappa shape index (κ3) is 5.93. The molecule has 7 nitrogen and oxygen atoms in total. The van der Waals surface area contributed by atoms with E-state index in [0.717, 1.165) is 24.3 Å². The molecular weight excluding hydrogens is 467 g/mol. The summed E-state index contributed by atoms with van der Waals surface area (Å²) in [7, 11) is 1.75. The van der Waals surface area contributed by atoms with E-state index in [1.54, 1.807) is 35.5 Å². The van der Waals surface area contributed by atoms with Crippen molar-refractivity contribution in [2.24, 2.45) is 0 Å². The lowest BCUT2D eigenvalue weighted by Gasteiger charge is -2.31. The highest BCUT2D eigenvalue weighted by Crippen LogP contribution is 2.31. The Morgan fingerprint density at radius 2 is 1.86 bits per heavy atom. The molecule has 3 aromatic rings. The standard InChI is InChI=1S/C26H27FN4O3S/c1-19(32)31(24-10-6-4-8-22(24)27)26-28-21(18-35-26)11-12-25(33)29(2)17-20-7-3-5-9-23(20)30-13-15-34-16-14-30/h3-12,18H,13-17H2,1-2H3/b12-11+. The van der Waals surface area contributed by atoms with E-state index in [1.807, 2.05) is 18.2 Å². The van der Waals surface area contributed by atoms with Crippen molar-refractivity contribution in [3.8, 4) is 0 Å². The molecule has 1 aliphatic heterocycles. The van der Waals surface area contributed by atoms with Gasteiger partial charge in [0.2, 0.25) is 11.8 Å². The Hall–Kier alpha value is -3.56. The maximum absolute atomic E-state index is 14.3. The highest BCUT2D eigenvalue weighted by atomic mass is 32.1. The number of aromatic nitrogens is 1. The maximum Gasteiger partial charge on any atom is 0.246 e. The molecule has 1 aliphatic rings. The molecule has 0 aliphatic carbocycles. The van der Waals surface area contributed by atoms with E-state index >= 15 is 0 Å². The summed E-state index contributed by atoms with van der Waals surface area (Å²) in [6.45, 7) is 4.86. The fraction of sp³-hybridized carbons (Fsp3) is 0.269. The second-order valence-electron chi connectivity index (χ2n) is 8.12. The zero-order chi connectivity index (χ0) is 24.8. The summed E-state index contributed by atoms with van der Waals surface area (Å²) in [4.78, 5) is 34.6. The number of hydrogen-bond acceptors (Lipinski definition) is 6. The zero-order valence-corrected chi connectivity index (χ0v) is 20.5. The second-order valence-corrected chi connectivity index (χ2v) is 8.95. The van der Waals surface area contributed by atoms with Crippen LogP contribution >= 0.6 is 11.3 Å². The van der Waals surface area contributed by atoms with Gasteiger partial charge < -0.3 is 14.5 Å². The van der Waals surface area contributed by atoms with Gasteiger partial charge >= 0.3 is 0 Å². The molecule has 4 rings (SSSR count). The Morgan fingerprint density at radius 1 is 1.14 bits per heavy atom. The number of morpholine rings is 1. The van der Waals surface area contributed by atoms with E-state index in [0.29, 0.717) is 30.6 Å². The lowest BCUT2D eigenvalue weighted by atomic mass is 10.1. The van der Waals surface area contributed by atoms with Gasteiger partial charge in [-0.15, -0.1) is 11.3 Å². The van der Waals surface area contributed by atoms with Crippen molar-refractivity contribution in [1.29, 1.82) is 0 Å². The number of carbonyl (C=O) groups is 2. The van der Waals surface area contributed by atoms with Crippen LogP contribution in [0.4, 0.5) is 20.9 Å². The van der Waals surface area contributed by atoms with Crippen LogP contribution in [-0.2, 0) is 20.9 Å². The van der Waals surface area contributed by atoms with Crippen LogP contribution in [0.3, 0.4) is 0 Å². The van der Waals surface area contributed by atoms with Crippen LogP contribution < -0.4 is 9.80 Å². The van der Waals surface area contributed by atoms with Crippen molar-refractivity contribution in [1.82, 2.24) is 9.88 Å². The normalized spacial score (nSPS) is 13.7. The number of benzene rings is 2. The first-order valence-electron chi connectivity index (χ1n) is 11.3. The van der Waals surface area contributed by atoms with E-state index in [9.17, 15) is 14.0 Å². The minimum absolute atomic E-state index is 0.139. The van der Waals surface area contributed by atoms with Crippen molar-refractivity contribution in [3.05, 3.63) is 77.1 Å². The average Bonchev–Trinajstić information content (AvgIpc) is 3.33. The molecule has 0 unspecified atom stereocenters. The number of nitrogens with zero attached hydrogens (tertiary/aromatic N) is 4. The smallest absolute Gasteiger partial charge is 0.246 e. The number of para-hydroxylation sites is 2.